The molecule has 0 saturated carbocycles. The van der Waals surface area contributed by atoms with Crippen molar-refractivity contribution in [3.8, 4) is 78.4 Å². The predicted molar refractivity (Wildman–Crippen MR) is 215 cm³/mol. The van der Waals surface area contributed by atoms with Gasteiger partial charge in [0, 0.05) is 28.3 Å². The summed E-state index contributed by atoms with van der Waals surface area (Å²) in [6.45, 7) is 0. The summed E-state index contributed by atoms with van der Waals surface area (Å²) < 4.78 is 0. The van der Waals surface area contributed by atoms with Crippen LogP contribution >= 0.6 is 0 Å². The summed E-state index contributed by atoms with van der Waals surface area (Å²) in [7, 11) is 0. The van der Waals surface area contributed by atoms with Crippen molar-refractivity contribution in [3.63, 3.8) is 0 Å². The lowest BCUT2D eigenvalue weighted by molar-refractivity contribution is 1.22. The van der Waals surface area contributed by atoms with E-state index in [1.165, 1.54) is 27.8 Å². The van der Waals surface area contributed by atoms with E-state index < -0.39 is 0 Å². The highest BCUT2D eigenvalue weighted by Gasteiger charge is 2.14. The van der Waals surface area contributed by atoms with Gasteiger partial charge in [-0.3, -0.25) is 4.98 Å². The molecule has 0 fully saturated rings. The van der Waals surface area contributed by atoms with E-state index in [0.29, 0.717) is 5.82 Å². The molecule has 9 aromatic rings. The third-order valence-electron chi connectivity index (χ3n) is 9.51. The minimum atomic E-state index is 0.682. The summed E-state index contributed by atoms with van der Waals surface area (Å²) in [5, 5.41) is 0.997. The van der Waals surface area contributed by atoms with Gasteiger partial charge in [0.2, 0.25) is 0 Å². The summed E-state index contributed by atoms with van der Waals surface area (Å²) >= 11 is 0. The predicted octanol–water partition coefficient (Wildman–Crippen LogP) is 12.7. The number of nitrogens with zero attached hydrogens (tertiary/aromatic N) is 3. The number of hydrogen-bond acceptors (Lipinski definition) is 3. The number of benzene rings is 7. The highest BCUT2D eigenvalue weighted by Crippen LogP contribution is 2.36. The third kappa shape index (κ3) is 6.28. The number of fused-ring (bicyclic) bond motifs is 1. The highest BCUT2D eigenvalue weighted by molar-refractivity contribution is 5.94. The topological polar surface area (TPSA) is 38.7 Å². The van der Waals surface area contributed by atoms with Crippen molar-refractivity contribution in [2.24, 2.45) is 0 Å². The van der Waals surface area contributed by atoms with Gasteiger partial charge in [-0.2, -0.15) is 0 Å². The maximum atomic E-state index is 5.17. The minimum Gasteiger partial charge on any atom is -0.256 e. The quantitative estimate of drug-likeness (QED) is 0.170. The average molecular weight is 664 g/mol. The second kappa shape index (κ2) is 13.7. The molecule has 0 spiro atoms. The van der Waals surface area contributed by atoms with E-state index in [0.717, 1.165) is 55.7 Å². The number of aromatic nitrogens is 3. The van der Waals surface area contributed by atoms with Crippen LogP contribution in [0.25, 0.3) is 89.3 Å². The van der Waals surface area contributed by atoms with E-state index >= 15 is 0 Å². The summed E-state index contributed by atoms with van der Waals surface area (Å²) in [4.78, 5) is 15.0. The van der Waals surface area contributed by atoms with Crippen LogP contribution in [0.5, 0.6) is 0 Å². The van der Waals surface area contributed by atoms with Gasteiger partial charge in [-0.25, -0.2) is 9.97 Å². The molecule has 2 aromatic heterocycles. The maximum absolute atomic E-state index is 5.17. The number of hydrogen-bond donors (Lipinski definition) is 0. The van der Waals surface area contributed by atoms with Crippen LogP contribution in [0, 0.1) is 0 Å². The van der Waals surface area contributed by atoms with Gasteiger partial charge in [-0.05, 0) is 93.0 Å². The molecule has 0 amide bonds. The normalized spacial score (nSPS) is 11.1. The van der Waals surface area contributed by atoms with E-state index in [4.69, 9.17) is 15.0 Å². The first kappa shape index (κ1) is 31.0. The molecule has 0 saturated heterocycles. The van der Waals surface area contributed by atoms with Gasteiger partial charge in [0.1, 0.15) is 0 Å². The van der Waals surface area contributed by atoms with E-state index in [-0.39, 0.29) is 0 Å². The molecule has 0 bridgehead atoms. The standard InChI is InChI=1S/C49H33N3/c1-4-14-34(15-5-1)42-30-43(35-16-6-2-7-17-35)32-44(31-42)39-22-12-20-37(28-39)38-21-13-23-40(29-38)49-51-47-25-11-10-24-45(47)48(52-49)41-26-27-46(50-33-41)36-18-8-3-9-19-36/h1-33H. The van der Waals surface area contributed by atoms with Crippen molar-refractivity contribution >= 4 is 10.9 Å². The molecule has 0 aliphatic heterocycles. The lowest BCUT2D eigenvalue weighted by Gasteiger charge is -2.13. The Kier molecular flexibility index (Phi) is 8.20. The van der Waals surface area contributed by atoms with E-state index in [1.807, 2.05) is 36.5 Å². The fourth-order valence-corrected chi connectivity index (χ4v) is 6.84. The Labute approximate surface area is 303 Å². The first-order chi connectivity index (χ1) is 25.7. The summed E-state index contributed by atoms with van der Waals surface area (Å²) in [6, 6.07) is 68.0. The lowest BCUT2D eigenvalue weighted by Crippen LogP contribution is -1.96. The maximum Gasteiger partial charge on any atom is 0.160 e. The lowest BCUT2D eigenvalue weighted by atomic mass is 9.92. The molecule has 0 aliphatic rings. The van der Waals surface area contributed by atoms with Gasteiger partial charge in [0.15, 0.2) is 5.82 Å². The number of pyridine rings is 1. The van der Waals surface area contributed by atoms with Gasteiger partial charge in [0.25, 0.3) is 0 Å². The fourth-order valence-electron chi connectivity index (χ4n) is 6.84. The molecule has 3 heteroatoms. The second-order valence-corrected chi connectivity index (χ2v) is 12.9. The molecule has 0 radical (unpaired) electrons. The monoisotopic (exact) mass is 663 g/mol. The molecule has 0 aliphatic carbocycles. The van der Waals surface area contributed by atoms with Crippen LogP contribution < -0.4 is 0 Å². The molecule has 0 unspecified atom stereocenters. The van der Waals surface area contributed by atoms with Crippen LogP contribution in [-0.4, -0.2) is 15.0 Å². The van der Waals surface area contributed by atoms with Gasteiger partial charge < -0.3 is 0 Å². The van der Waals surface area contributed by atoms with E-state index in [1.54, 1.807) is 0 Å². The number of rotatable bonds is 7. The summed E-state index contributed by atoms with van der Waals surface area (Å²) in [6.07, 6.45) is 1.92. The Balaban J connectivity index is 1.10. The van der Waals surface area contributed by atoms with Crippen molar-refractivity contribution in [1.82, 2.24) is 15.0 Å². The van der Waals surface area contributed by atoms with E-state index in [2.05, 4.69) is 164 Å². The van der Waals surface area contributed by atoms with E-state index in [9.17, 15) is 0 Å². The Bertz CT molecular complexity index is 2590. The molecule has 7 aromatic carbocycles. The third-order valence-corrected chi connectivity index (χ3v) is 9.51. The van der Waals surface area contributed by atoms with Crippen LogP contribution in [0.3, 0.4) is 0 Å². The summed E-state index contributed by atoms with van der Waals surface area (Å²) in [5.41, 5.74) is 15.1. The highest BCUT2D eigenvalue weighted by atomic mass is 14.9. The molecule has 52 heavy (non-hydrogen) atoms. The van der Waals surface area contributed by atoms with Crippen molar-refractivity contribution in [2.75, 3.05) is 0 Å². The SMILES string of the molecule is c1ccc(-c2cc(-c3ccccc3)cc(-c3cccc(-c4cccc(-c5nc(-c6ccc(-c7ccccc7)nc6)c6ccccc6n5)c4)c3)c2)cc1. The van der Waals surface area contributed by atoms with Gasteiger partial charge >= 0.3 is 0 Å². The van der Waals surface area contributed by atoms with Crippen molar-refractivity contribution in [1.29, 1.82) is 0 Å². The molecule has 0 atom stereocenters. The molecule has 0 N–H and O–H groups in total. The zero-order valence-electron chi connectivity index (χ0n) is 28.4. The average Bonchev–Trinajstić information content (AvgIpc) is 3.24. The van der Waals surface area contributed by atoms with Crippen LogP contribution in [0.15, 0.2) is 200 Å². The van der Waals surface area contributed by atoms with Crippen LogP contribution in [-0.2, 0) is 0 Å². The molecular weight excluding hydrogens is 631 g/mol. The molecular formula is C49H33N3. The van der Waals surface area contributed by atoms with Crippen LogP contribution in [0.1, 0.15) is 0 Å². The molecule has 3 nitrogen and oxygen atoms in total. The Morgan fingerprint density at radius 3 is 1.35 bits per heavy atom. The fraction of sp³-hybridized carbons (Fsp3) is 0. The molecule has 9 rings (SSSR count). The second-order valence-electron chi connectivity index (χ2n) is 12.9. The van der Waals surface area contributed by atoms with Crippen LogP contribution in [0.2, 0.25) is 0 Å². The van der Waals surface area contributed by atoms with Gasteiger partial charge in [-0.1, -0.05) is 146 Å². The number of para-hydroxylation sites is 1. The smallest absolute Gasteiger partial charge is 0.160 e. The largest absolute Gasteiger partial charge is 0.256 e. The zero-order valence-corrected chi connectivity index (χ0v) is 28.4. The first-order valence-electron chi connectivity index (χ1n) is 17.5. The van der Waals surface area contributed by atoms with Crippen molar-refractivity contribution in [3.05, 3.63) is 200 Å². The van der Waals surface area contributed by atoms with Crippen LogP contribution in [0.4, 0.5) is 0 Å². The minimum absolute atomic E-state index is 0.682. The van der Waals surface area contributed by atoms with Gasteiger partial charge in [-0.15, -0.1) is 0 Å². The van der Waals surface area contributed by atoms with Crippen molar-refractivity contribution in [2.45, 2.75) is 0 Å². The van der Waals surface area contributed by atoms with Gasteiger partial charge in [0.05, 0.1) is 16.9 Å². The van der Waals surface area contributed by atoms with Crippen molar-refractivity contribution < 1.29 is 0 Å². The molecule has 2 heterocycles. The molecule has 244 valence electrons. The summed E-state index contributed by atoms with van der Waals surface area (Å²) in [5.74, 6) is 0.682. The Morgan fingerprint density at radius 2 is 0.750 bits per heavy atom. The Morgan fingerprint density at radius 1 is 0.288 bits per heavy atom. The Hall–Kier alpha value is -6.97. The first-order valence-corrected chi connectivity index (χ1v) is 17.5. The zero-order chi connectivity index (χ0) is 34.7.